The summed E-state index contributed by atoms with van der Waals surface area (Å²) in [5.41, 5.74) is 1.55. The largest absolute Gasteiger partial charge is 0.308 e. The van der Waals surface area contributed by atoms with Crippen LogP contribution in [-0.2, 0) is 0 Å². The summed E-state index contributed by atoms with van der Waals surface area (Å²) in [5, 5.41) is 0. The molecule has 0 unspecified atom stereocenters. The first-order valence-electron chi connectivity index (χ1n) is 4.71. The Labute approximate surface area is 75.8 Å². The van der Waals surface area contributed by atoms with Gasteiger partial charge in [0.15, 0.2) is 0 Å². The molecule has 1 rings (SSSR count). The van der Waals surface area contributed by atoms with Gasteiger partial charge in [-0.1, -0.05) is 11.6 Å². The molecule has 0 bridgehead atoms. The fourth-order valence-electron chi connectivity index (χ4n) is 1.36. The van der Waals surface area contributed by atoms with Crippen molar-refractivity contribution in [1.82, 2.24) is 9.80 Å². The summed E-state index contributed by atoms with van der Waals surface area (Å²) in [6, 6.07) is 0. The second-order valence-electron chi connectivity index (χ2n) is 3.90. The van der Waals surface area contributed by atoms with Crippen LogP contribution in [0.3, 0.4) is 0 Å². The average molecular weight is 168 g/mol. The minimum absolute atomic E-state index is 1.15. The fourth-order valence-corrected chi connectivity index (χ4v) is 1.36. The lowest BCUT2D eigenvalue weighted by molar-refractivity contribution is 0.255. The van der Waals surface area contributed by atoms with Crippen molar-refractivity contribution in [1.29, 1.82) is 0 Å². The predicted molar refractivity (Wildman–Crippen MR) is 53.4 cm³/mol. The maximum Gasteiger partial charge on any atom is 0.0166 e. The summed E-state index contributed by atoms with van der Waals surface area (Å²) in [6.07, 6.45) is 3.60. The molecule has 1 aliphatic heterocycles. The van der Waals surface area contributed by atoms with E-state index in [1.807, 2.05) is 0 Å². The topological polar surface area (TPSA) is 6.48 Å². The van der Waals surface area contributed by atoms with E-state index < -0.39 is 0 Å². The van der Waals surface area contributed by atoms with Crippen LogP contribution in [-0.4, -0.2) is 50.1 Å². The van der Waals surface area contributed by atoms with Gasteiger partial charge in [-0.05, 0) is 27.4 Å². The minimum Gasteiger partial charge on any atom is -0.308 e. The van der Waals surface area contributed by atoms with Gasteiger partial charge in [-0.2, -0.15) is 0 Å². The smallest absolute Gasteiger partial charge is 0.0166 e. The number of hydrogen-bond acceptors (Lipinski definition) is 2. The third kappa shape index (κ3) is 3.37. The van der Waals surface area contributed by atoms with Crippen molar-refractivity contribution in [2.45, 2.75) is 13.3 Å². The highest BCUT2D eigenvalue weighted by Gasteiger charge is 2.08. The van der Waals surface area contributed by atoms with Gasteiger partial charge in [-0.25, -0.2) is 0 Å². The zero-order chi connectivity index (χ0) is 8.97. The van der Waals surface area contributed by atoms with Crippen molar-refractivity contribution in [2.24, 2.45) is 0 Å². The SMILES string of the molecule is CC1=CCN(CCN(C)C)CC1. The summed E-state index contributed by atoms with van der Waals surface area (Å²) in [7, 11) is 4.26. The standard InChI is InChI=1S/C10H20N2/c1-10-4-6-12(7-5-10)9-8-11(2)3/h4H,5-9H2,1-3H3. The normalized spacial score (nSPS) is 19.8. The lowest BCUT2D eigenvalue weighted by Gasteiger charge is -2.26. The lowest BCUT2D eigenvalue weighted by Crippen LogP contribution is -2.34. The van der Waals surface area contributed by atoms with Gasteiger partial charge < -0.3 is 4.90 Å². The first-order valence-corrected chi connectivity index (χ1v) is 4.71. The third-order valence-corrected chi connectivity index (χ3v) is 2.38. The Hall–Kier alpha value is -0.340. The molecular weight excluding hydrogens is 148 g/mol. The van der Waals surface area contributed by atoms with Crippen molar-refractivity contribution in [2.75, 3.05) is 40.3 Å². The van der Waals surface area contributed by atoms with E-state index in [2.05, 4.69) is 36.9 Å². The number of likely N-dealkylation sites (N-methyl/N-ethyl adjacent to an activating group) is 1. The second-order valence-corrected chi connectivity index (χ2v) is 3.90. The molecule has 0 aromatic heterocycles. The molecule has 2 heteroatoms. The van der Waals surface area contributed by atoms with Crippen LogP contribution in [0.15, 0.2) is 11.6 Å². The van der Waals surface area contributed by atoms with Gasteiger partial charge in [-0.15, -0.1) is 0 Å². The highest BCUT2D eigenvalue weighted by atomic mass is 15.2. The molecule has 0 fully saturated rings. The molecule has 0 saturated heterocycles. The Bertz CT molecular complexity index is 161. The monoisotopic (exact) mass is 168 g/mol. The minimum atomic E-state index is 1.15. The predicted octanol–water partition coefficient (Wildman–Crippen LogP) is 1.20. The number of rotatable bonds is 3. The van der Waals surface area contributed by atoms with E-state index in [0.717, 1.165) is 6.54 Å². The van der Waals surface area contributed by atoms with Gasteiger partial charge in [0.2, 0.25) is 0 Å². The summed E-state index contributed by atoms with van der Waals surface area (Å²) in [4.78, 5) is 4.75. The van der Waals surface area contributed by atoms with Crippen LogP contribution in [0.25, 0.3) is 0 Å². The Balaban J connectivity index is 2.19. The second kappa shape index (κ2) is 4.63. The molecular formula is C10H20N2. The molecule has 1 aliphatic rings. The summed E-state index contributed by atoms with van der Waals surface area (Å²) in [6.45, 7) is 7.00. The van der Waals surface area contributed by atoms with E-state index >= 15 is 0 Å². The van der Waals surface area contributed by atoms with Gasteiger partial charge in [0.25, 0.3) is 0 Å². The fraction of sp³-hybridized carbons (Fsp3) is 0.800. The van der Waals surface area contributed by atoms with Crippen LogP contribution in [0.5, 0.6) is 0 Å². The van der Waals surface area contributed by atoms with Crippen LogP contribution in [0.2, 0.25) is 0 Å². The van der Waals surface area contributed by atoms with E-state index in [9.17, 15) is 0 Å². The molecule has 12 heavy (non-hydrogen) atoms. The zero-order valence-corrected chi connectivity index (χ0v) is 8.51. The Kier molecular flexibility index (Phi) is 3.76. The molecule has 0 atom stereocenters. The van der Waals surface area contributed by atoms with Gasteiger partial charge in [-0.3, -0.25) is 4.90 Å². The molecule has 0 saturated carbocycles. The molecule has 0 amide bonds. The average Bonchev–Trinajstić information content (AvgIpc) is 2.03. The summed E-state index contributed by atoms with van der Waals surface area (Å²) < 4.78 is 0. The van der Waals surface area contributed by atoms with Crippen molar-refractivity contribution >= 4 is 0 Å². The zero-order valence-electron chi connectivity index (χ0n) is 8.51. The molecule has 0 spiro atoms. The summed E-state index contributed by atoms with van der Waals surface area (Å²) >= 11 is 0. The molecule has 2 nitrogen and oxygen atoms in total. The molecule has 0 N–H and O–H groups in total. The third-order valence-electron chi connectivity index (χ3n) is 2.38. The van der Waals surface area contributed by atoms with Crippen molar-refractivity contribution < 1.29 is 0 Å². The Morgan fingerprint density at radius 2 is 2.25 bits per heavy atom. The van der Waals surface area contributed by atoms with Crippen molar-refractivity contribution in [3.05, 3.63) is 11.6 Å². The van der Waals surface area contributed by atoms with Crippen molar-refractivity contribution in [3.63, 3.8) is 0 Å². The molecule has 1 heterocycles. The van der Waals surface area contributed by atoms with E-state index in [0.29, 0.717) is 0 Å². The maximum atomic E-state index is 2.51. The number of nitrogens with zero attached hydrogens (tertiary/aromatic N) is 2. The van der Waals surface area contributed by atoms with Gasteiger partial charge in [0.05, 0.1) is 0 Å². The molecule has 0 aliphatic carbocycles. The van der Waals surface area contributed by atoms with Gasteiger partial charge >= 0.3 is 0 Å². The maximum absolute atomic E-state index is 2.51. The van der Waals surface area contributed by atoms with E-state index in [4.69, 9.17) is 0 Å². The quantitative estimate of drug-likeness (QED) is 0.584. The van der Waals surface area contributed by atoms with Gasteiger partial charge in [0.1, 0.15) is 0 Å². The van der Waals surface area contributed by atoms with E-state index in [1.54, 1.807) is 5.57 Å². The highest BCUT2D eigenvalue weighted by molar-refractivity contribution is 5.03. The van der Waals surface area contributed by atoms with Crippen LogP contribution in [0.1, 0.15) is 13.3 Å². The van der Waals surface area contributed by atoms with Crippen LogP contribution < -0.4 is 0 Å². The molecule has 0 radical (unpaired) electrons. The molecule has 70 valence electrons. The van der Waals surface area contributed by atoms with Gasteiger partial charge in [0, 0.05) is 26.2 Å². The summed E-state index contributed by atoms with van der Waals surface area (Å²) in [5.74, 6) is 0. The van der Waals surface area contributed by atoms with Crippen LogP contribution in [0, 0.1) is 0 Å². The Morgan fingerprint density at radius 1 is 1.50 bits per heavy atom. The lowest BCUT2D eigenvalue weighted by atomic mass is 10.1. The number of hydrogen-bond donors (Lipinski definition) is 0. The molecule has 0 aromatic rings. The van der Waals surface area contributed by atoms with Crippen LogP contribution in [0.4, 0.5) is 0 Å². The molecule has 0 aromatic carbocycles. The van der Waals surface area contributed by atoms with E-state index in [1.165, 1.54) is 26.1 Å². The first kappa shape index (κ1) is 9.75. The van der Waals surface area contributed by atoms with Crippen molar-refractivity contribution in [3.8, 4) is 0 Å². The highest BCUT2D eigenvalue weighted by Crippen LogP contribution is 2.08. The van der Waals surface area contributed by atoms with E-state index in [-0.39, 0.29) is 0 Å². The van der Waals surface area contributed by atoms with Crippen LogP contribution >= 0.6 is 0 Å². The Morgan fingerprint density at radius 3 is 2.75 bits per heavy atom. The first-order chi connectivity index (χ1) is 5.68.